The first kappa shape index (κ1) is 13.6. The maximum Gasteiger partial charge on any atom is 0.322 e. The summed E-state index contributed by atoms with van der Waals surface area (Å²) in [7, 11) is 0. The number of benzene rings is 1. The van der Waals surface area contributed by atoms with Gasteiger partial charge in [0.15, 0.2) is 0 Å². The lowest BCUT2D eigenvalue weighted by Gasteiger charge is -2.33. The van der Waals surface area contributed by atoms with Gasteiger partial charge >= 0.3 is 6.03 Å². The molecule has 4 nitrogen and oxygen atoms in total. The first-order valence-corrected chi connectivity index (χ1v) is 7.26. The molecule has 1 aromatic heterocycles. The lowest BCUT2D eigenvalue weighted by atomic mass is 9.94. The predicted molar refractivity (Wildman–Crippen MR) is 83.1 cm³/mol. The number of nitrogens with zero attached hydrogens (tertiary/aromatic N) is 2. The van der Waals surface area contributed by atoms with E-state index in [1.165, 1.54) is 5.56 Å². The average Bonchev–Trinajstić information content (AvgIpc) is 2.52. The van der Waals surface area contributed by atoms with Crippen LogP contribution in [-0.4, -0.2) is 17.6 Å². The van der Waals surface area contributed by atoms with Gasteiger partial charge in [0, 0.05) is 31.2 Å². The summed E-state index contributed by atoms with van der Waals surface area (Å²) in [4.78, 5) is 18.4. The highest BCUT2D eigenvalue weighted by atomic mass is 16.2. The molecule has 0 radical (unpaired) electrons. The number of urea groups is 1. The van der Waals surface area contributed by atoms with Crippen molar-refractivity contribution in [1.82, 2.24) is 10.3 Å². The summed E-state index contributed by atoms with van der Waals surface area (Å²) < 4.78 is 0. The van der Waals surface area contributed by atoms with Crippen LogP contribution in [0.2, 0.25) is 0 Å². The Bertz CT molecular complexity index is 627. The standard InChI is InChI=1S/C17H19N3O/c1-13-9-15-6-2-3-7-16(15)20(12-13)17(21)19-11-14-5-4-8-18-10-14/h2-8,10,13H,9,11-12H2,1H3,(H,19,21). The van der Waals surface area contributed by atoms with Crippen LogP contribution < -0.4 is 10.2 Å². The Morgan fingerprint density at radius 2 is 2.19 bits per heavy atom. The molecule has 0 saturated heterocycles. The number of para-hydroxylation sites is 1. The van der Waals surface area contributed by atoms with E-state index in [4.69, 9.17) is 0 Å². The third-order valence-electron chi connectivity index (χ3n) is 3.76. The van der Waals surface area contributed by atoms with E-state index in [1.54, 1.807) is 12.4 Å². The number of anilines is 1. The molecule has 1 atom stereocenters. The van der Waals surface area contributed by atoms with Crippen LogP contribution in [0, 0.1) is 5.92 Å². The lowest BCUT2D eigenvalue weighted by Crippen LogP contribution is -2.44. The molecule has 1 aromatic carbocycles. The van der Waals surface area contributed by atoms with Crippen LogP contribution in [0.4, 0.5) is 10.5 Å². The second kappa shape index (κ2) is 5.95. The molecule has 1 aliphatic rings. The van der Waals surface area contributed by atoms with E-state index in [9.17, 15) is 4.79 Å². The average molecular weight is 281 g/mol. The van der Waals surface area contributed by atoms with Gasteiger partial charge in [-0.15, -0.1) is 0 Å². The van der Waals surface area contributed by atoms with Crippen LogP contribution in [0.5, 0.6) is 0 Å². The molecule has 0 bridgehead atoms. The Morgan fingerprint density at radius 1 is 1.33 bits per heavy atom. The van der Waals surface area contributed by atoms with Gasteiger partial charge in [-0.1, -0.05) is 31.2 Å². The Kier molecular flexibility index (Phi) is 3.86. The molecule has 0 fully saturated rings. The topological polar surface area (TPSA) is 45.2 Å². The van der Waals surface area contributed by atoms with Crippen molar-refractivity contribution in [2.45, 2.75) is 19.9 Å². The Balaban J connectivity index is 1.73. The van der Waals surface area contributed by atoms with Crippen molar-refractivity contribution < 1.29 is 4.79 Å². The van der Waals surface area contributed by atoms with E-state index in [2.05, 4.69) is 23.3 Å². The number of carbonyl (C=O) groups is 1. The van der Waals surface area contributed by atoms with E-state index in [0.717, 1.165) is 24.2 Å². The van der Waals surface area contributed by atoms with Gasteiger partial charge in [-0.3, -0.25) is 9.88 Å². The molecule has 2 amide bonds. The zero-order valence-electron chi connectivity index (χ0n) is 12.1. The van der Waals surface area contributed by atoms with Crippen molar-refractivity contribution in [3.8, 4) is 0 Å². The summed E-state index contributed by atoms with van der Waals surface area (Å²) in [6.07, 6.45) is 4.53. The Morgan fingerprint density at radius 3 is 3.00 bits per heavy atom. The summed E-state index contributed by atoms with van der Waals surface area (Å²) >= 11 is 0. The maximum absolute atomic E-state index is 12.5. The van der Waals surface area contributed by atoms with Gasteiger partial charge in [0.2, 0.25) is 0 Å². The molecule has 108 valence electrons. The highest BCUT2D eigenvalue weighted by molar-refractivity contribution is 5.93. The highest BCUT2D eigenvalue weighted by Crippen LogP contribution is 2.29. The summed E-state index contributed by atoms with van der Waals surface area (Å²) in [5, 5.41) is 2.98. The fourth-order valence-corrected chi connectivity index (χ4v) is 2.76. The second-order valence-corrected chi connectivity index (χ2v) is 5.57. The van der Waals surface area contributed by atoms with E-state index in [-0.39, 0.29) is 6.03 Å². The van der Waals surface area contributed by atoms with Crippen molar-refractivity contribution >= 4 is 11.7 Å². The molecule has 3 rings (SSSR count). The number of amides is 2. The molecule has 1 N–H and O–H groups in total. The largest absolute Gasteiger partial charge is 0.334 e. The number of hydrogen-bond donors (Lipinski definition) is 1. The van der Waals surface area contributed by atoms with Crippen molar-refractivity contribution in [3.63, 3.8) is 0 Å². The molecule has 21 heavy (non-hydrogen) atoms. The minimum Gasteiger partial charge on any atom is -0.334 e. The van der Waals surface area contributed by atoms with Gasteiger partial charge in [0.1, 0.15) is 0 Å². The van der Waals surface area contributed by atoms with Crippen molar-refractivity contribution in [2.24, 2.45) is 5.92 Å². The molecule has 2 heterocycles. The van der Waals surface area contributed by atoms with Crippen molar-refractivity contribution in [1.29, 1.82) is 0 Å². The van der Waals surface area contributed by atoms with Crippen LogP contribution in [0.3, 0.4) is 0 Å². The quantitative estimate of drug-likeness (QED) is 0.919. The molecule has 2 aromatic rings. The van der Waals surface area contributed by atoms with E-state index >= 15 is 0 Å². The third-order valence-corrected chi connectivity index (χ3v) is 3.76. The molecule has 1 unspecified atom stereocenters. The normalized spacial score (nSPS) is 17.2. The van der Waals surface area contributed by atoms with E-state index in [1.807, 2.05) is 35.2 Å². The number of rotatable bonds is 2. The number of fused-ring (bicyclic) bond motifs is 1. The van der Waals surface area contributed by atoms with Crippen LogP contribution in [0.15, 0.2) is 48.8 Å². The van der Waals surface area contributed by atoms with Gasteiger partial charge < -0.3 is 5.32 Å². The predicted octanol–water partition coefficient (Wildman–Crippen LogP) is 2.99. The van der Waals surface area contributed by atoms with Gasteiger partial charge in [-0.25, -0.2) is 4.79 Å². The van der Waals surface area contributed by atoms with Crippen LogP contribution >= 0.6 is 0 Å². The molecule has 1 aliphatic heterocycles. The van der Waals surface area contributed by atoms with Gasteiger partial charge in [0.05, 0.1) is 0 Å². The number of nitrogens with one attached hydrogen (secondary N) is 1. The van der Waals surface area contributed by atoms with E-state index < -0.39 is 0 Å². The van der Waals surface area contributed by atoms with Gasteiger partial charge in [0.25, 0.3) is 0 Å². The van der Waals surface area contributed by atoms with Crippen LogP contribution in [0.1, 0.15) is 18.1 Å². The fourth-order valence-electron chi connectivity index (χ4n) is 2.76. The summed E-state index contributed by atoms with van der Waals surface area (Å²) in [5.41, 5.74) is 3.27. The minimum absolute atomic E-state index is 0.0437. The van der Waals surface area contributed by atoms with Crippen LogP contribution in [-0.2, 0) is 13.0 Å². The first-order chi connectivity index (χ1) is 10.2. The smallest absolute Gasteiger partial charge is 0.322 e. The summed E-state index contributed by atoms with van der Waals surface area (Å²) in [6.45, 7) is 3.44. The molecule has 4 heteroatoms. The second-order valence-electron chi connectivity index (χ2n) is 5.57. The fraction of sp³-hybridized carbons (Fsp3) is 0.294. The number of carbonyl (C=O) groups excluding carboxylic acids is 1. The highest BCUT2D eigenvalue weighted by Gasteiger charge is 2.25. The molecule has 0 spiro atoms. The first-order valence-electron chi connectivity index (χ1n) is 7.26. The summed E-state index contributed by atoms with van der Waals surface area (Å²) in [6, 6.07) is 11.9. The van der Waals surface area contributed by atoms with Gasteiger partial charge in [-0.05, 0) is 35.6 Å². The molecular formula is C17H19N3O. The minimum atomic E-state index is -0.0437. The van der Waals surface area contributed by atoms with Crippen molar-refractivity contribution in [3.05, 3.63) is 59.9 Å². The third kappa shape index (κ3) is 3.05. The zero-order valence-corrected chi connectivity index (χ0v) is 12.1. The SMILES string of the molecule is CC1Cc2ccccc2N(C(=O)NCc2cccnc2)C1. The Hall–Kier alpha value is -2.36. The van der Waals surface area contributed by atoms with Crippen LogP contribution in [0.25, 0.3) is 0 Å². The zero-order chi connectivity index (χ0) is 14.7. The van der Waals surface area contributed by atoms with Gasteiger partial charge in [-0.2, -0.15) is 0 Å². The number of pyridine rings is 1. The molecule has 0 aliphatic carbocycles. The molecule has 0 saturated carbocycles. The monoisotopic (exact) mass is 281 g/mol. The van der Waals surface area contributed by atoms with Crippen molar-refractivity contribution in [2.75, 3.05) is 11.4 Å². The molecular weight excluding hydrogens is 262 g/mol. The van der Waals surface area contributed by atoms with E-state index in [0.29, 0.717) is 12.5 Å². The number of aromatic nitrogens is 1. The number of hydrogen-bond acceptors (Lipinski definition) is 2. The lowest BCUT2D eigenvalue weighted by molar-refractivity contribution is 0.244. The Labute approximate surface area is 124 Å². The summed E-state index contributed by atoms with van der Waals surface area (Å²) in [5.74, 6) is 0.476. The maximum atomic E-state index is 12.5.